The molecule has 0 heterocycles. The predicted molar refractivity (Wildman–Crippen MR) is 125 cm³/mol. The third kappa shape index (κ3) is 6.28. The molecule has 0 saturated carbocycles. The van der Waals surface area contributed by atoms with Crippen LogP contribution >= 0.6 is 11.8 Å². The highest BCUT2D eigenvalue weighted by Crippen LogP contribution is 2.23. The van der Waals surface area contributed by atoms with E-state index in [0.717, 1.165) is 28.1 Å². The number of nitrogens with one attached hydrogen (secondary N) is 1. The molecule has 0 saturated heterocycles. The third-order valence-electron chi connectivity index (χ3n) is 4.92. The second-order valence-electron chi connectivity index (χ2n) is 7.38. The van der Waals surface area contributed by atoms with Gasteiger partial charge in [0.25, 0.3) is 0 Å². The topological polar surface area (TPSA) is 101 Å². The Balaban J connectivity index is 1.74. The van der Waals surface area contributed by atoms with Gasteiger partial charge in [0.05, 0.1) is 5.25 Å². The van der Waals surface area contributed by atoms with Crippen LogP contribution in [0.25, 0.3) is 10.8 Å². The molecule has 3 aromatic carbocycles. The number of aliphatic carboxylic acids is 1. The molecule has 2 N–H and O–H groups in total. The summed E-state index contributed by atoms with van der Waals surface area (Å²) in [5.41, 5.74) is 1.16. The molecule has 0 fully saturated rings. The number of benzene rings is 3. The van der Waals surface area contributed by atoms with Gasteiger partial charge in [0.15, 0.2) is 10.9 Å². The highest BCUT2D eigenvalue weighted by atomic mass is 32.2. The van der Waals surface area contributed by atoms with Gasteiger partial charge in [0.2, 0.25) is 5.91 Å². The van der Waals surface area contributed by atoms with E-state index in [0.29, 0.717) is 5.56 Å². The van der Waals surface area contributed by atoms with Gasteiger partial charge in [-0.2, -0.15) is 0 Å². The van der Waals surface area contributed by atoms with Crippen molar-refractivity contribution in [2.45, 2.75) is 31.1 Å². The number of carboxylic acid groups (broad SMARTS) is 1. The lowest BCUT2D eigenvalue weighted by Crippen LogP contribution is -2.43. The predicted octanol–water partition coefficient (Wildman–Crippen LogP) is 3.87. The molecular formula is C25H23NO5S. The quantitative estimate of drug-likeness (QED) is 0.481. The maximum Gasteiger partial charge on any atom is 0.326 e. The minimum atomic E-state index is -1.17. The fraction of sp³-hybridized carbons (Fsp3) is 0.200. The number of carboxylic acids is 1. The number of amides is 1. The SMILES string of the molecule is CC(=O)SC(CC(=O)N[C@@H](Cc1ccccc1)C(=O)O)C(=O)c1ccc2ccccc2c1. The number of Topliss-reactive ketones (excluding diaryl/α,β-unsaturated/α-hetero) is 1. The van der Waals surface area contributed by atoms with Crippen LogP contribution in [0.2, 0.25) is 0 Å². The maximum atomic E-state index is 13.1. The van der Waals surface area contributed by atoms with Gasteiger partial charge in [-0.25, -0.2) is 4.79 Å². The highest BCUT2D eigenvalue weighted by Gasteiger charge is 2.28. The van der Waals surface area contributed by atoms with Gasteiger partial charge in [-0.15, -0.1) is 0 Å². The summed E-state index contributed by atoms with van der Waals surface area (Å²) in [6.07, 6.45) is -0.181. The Morgan fingerprint density at radius 1 is 0.906 bits per heavy atom. The Labute approximate surface area is 190 Å². The molecule has 7 heteroatoms. The molecule has 3 aromatic rings. The van der Waals surface area contributed by atoms with Gasteiger partial charge >= 0.3 is 5.97 Å². The Hall–Kier alpha value is -3.45. The van der Waals surface area contributed by atoms with Crippen LogP contribution in [0, 0.1) is 0 Å². The lowest BCUT2D eigenvalue weighted by atomic mass is 10.0. The third-order valence-corrected chi connectivity index (χ3v) is 5.92. The van der Waals surface area contributed by atoms with Gasteiger partial charge in [0.1, 0.15) is 6.04 Å². The summed E-state index contributed by atoms with van der Waals surface area (Å²) >= 11 is 0.779. The molecule has 0 aliphatic carbocycles. The average Bonchev–Trinajstić information content (AvgIpc) is 2.77. The van der Waals surface area contributed by atoms with Crippen LogP contribution in [0.1, 0.15) is 29.3 Å². The zero-order chi connectivity index (χ0) is 23.1. The largest absolute Gasteiger partial charge is 0.480 e. The Bertz CT molecular complexity index is 1150. The Morgan fingerprint density at radius 2 is 1.56 bits per heavy atom. The molecular weight excluding hydrogens is 426 g/mol. The highest BCUT2D eigenvalue weighted by molar-refractivity contribution is 8.14. The minimum Gasteiger partial charge on any atom is -0.480 e. The van der Waals surface area contributed by atoms with Crippen LogP contribution in [0.15, 0.2) is 72.8 Å². The fourth-order valence-corrected chi connectivity index (χ4v) is 4.27. The minimum absolute atomic E-state index is 0.116. The van der Waals surface area contributed by atoms with E-state index in [-0.39, 0.29) is 23.7 Å². The van der Waals surface area contributed by atoms with E-state index < -0.39 is 23.2 Å². The van der Waals surface area contributed by atoms with Crippen molar-refractivity contribution >= 4 is 45.3 Å². The van der Waals surface area contributed by atoms with Gasteiger partial charge in [-0.1, -0.05) is 78.5 Å². The summed E-state index contributed by atoms with van der Waals surface area (Å²) in [4.78, 5) is 49.1. The summed E-state index contributed by atoms with van der Waals surface area (Å²) in [6, 6.07) is 20.6. The Morgan fingerprint density at radius 3 is 2.22 bits per heavy atom. The molecule has 0 radical (unpaired) electrons. The van der Waals surface area contributed by atoms with Crippen LogP contribution < -0.4 is 5.32 Å². The number of thioether (sulfide) groups is 1. The molecule has 0 aromatic heterocycles. The molecule has 3 rings (SSSR count). The van der Waals surface area contributed by atoms with Crippen molar-refractivity contribution in [2.75, 3.05) is 0 Å². The van der Waals surface area contributed by atoms with E-state index in [9.17, 15) is 24.3 Å². The number of rotatable bonds is 9. The van der Waals surface area contributed by atoms with E-state index in [1.54, 1.807) is 36.4 Å². The van der Waals surface area contributed by atoms with Crippen molar-refractivity contribution in [1.82, 2.24) is 5.32 Å². The van der Waals surface area contributed by atoms with Crippen LogP contribution in [-0.4, -0.2) is 39.2 Å². The normalized spacial score (nSPS) is 12.7. The van der Waals surface area contributed by atoms with E-state index in [4.69, 9.17) is 0 Å². The molecule has 2 atom stereocenters. The first kappa shape index (κ1) is 23.2. The molecule has 1 unspecified atom stereocenters. The zero-order valence-electron chi connectivity index (χ0n) is 17.5. The lowest BCUT2D eigenvalue weighted by Gasteiger charge is -2.18. The summed E-state index contributed by atoms with van der Waals surface area (Å²) in [5.74, 6) is -2.11. The first-order chi connectivity index (χ1) is 15.3. The average molecular weight is 450 g/mol. The van der Waals surface area contributed by atoms with Crippen molar-refractivity contribution in [3.63, 3.8) is 0 Å². The zero-order valence-corrected chi connectivity index (χ0v) is 18.3. The van der Waals surface area contributed by atoms with E-state index >= 15 is 0 Å². The molecule has 0 bridgehead atoms. The number of hydrogen-bond donors (Lipinski definition) is 2. The standard InChI is InChI=1S/C25H23NO5S/c1-16(27)32-22(24(29)20-12-11-18-9-5-6-10-19(18)14-20)15-23(28)26-21(25(30)31)13-17-7-3-2-4-8-17/h2-12,14,21-22H,13,15H2,1H3,(H,26,28)(H,30,31)/t21-,22?/m0/s1. The Kier molecular flexibility index (Phi) is 7.78. The van der Waals surface area contributed by atoms with Crippen LogP contribution in [-0.2, 0) is 20.8 Å². The van der Waals surface area contributed by atoms with Crippen molar-refractivity contribution in [1.29, 1.82) is 0 Å². The van der Waals surface area contributed by atoms with Gasteiger partial charge in [0, 0.05) is 25.3 Å². The van der Waals surface area contributed by atoms with E-state index in [1.165, 1.54) is 6.92 Å². The second-order valence-corrected chi connectivity index (χ2v) is 8.76. The molecule has 1 amide bonds. The van der Waals surface area contributed by atoms with Crippen molar-refractivity contribution in [3.05, 3.63) is 83.9 Å². The summed E-state index contributed by atoms with van der Waals surface area (Å²) in [6.45, 7) is 1.33. The number of ketones is 1. The maximum absolute atomic E-state index is 13.1. The van der Waals surface area contributed by atoms with Crippen LogP contribution in [0.5, 0.6) is 0 Å². The summed E-state index contributed by atoms with van der Waals surface area (Å²) < 4.78 is 0. The summed E-state index contributed by atoms with van der Waals surface area (Å²) in [5, 5.41) is 12.6. The lowest BCUT2D eigenvalue weighted by molar-refractivity contribution is -0.141. The van der Waals surface area contributed by atoms with Gasteiger partial charge < -0.3 is 10.4 Å². The molecule has 0 aliphatic rings. The van der Waals surface area contributed by atoms with Crippen LogP contribution in [0.4, 0.5) is 0 Å². The fourth-order valence-electron chi connectivity index (χ4n) is 3.39. The number of hydrogen-bond acceptors (Lipinski definition) is 5. The van der Waals surface area contributed by atoms with E-state index in [2.05, 4.69) is 5.32 Å². The summed E-state index contributed by atoms with van der Waals surface area (Å²) in [7, 11) is 0. The first-order valence-electron chi connectivity index (χ1n) is 10.1. The molecule has 164 valence electrons. The van der Waals surface area contributed by atoms with Crippen LogP contribution in [0.3, 0.4) is 0 Å². The molecule has 0 spiro atoms. The molecule has 32 heavy (non-hydrogen) atoms. The molecule has 0 aliphatic heterocycles. The van der Waals surface area contributed by atoms with Gasteiger partial charge in [-0.05, 0) is 22.4 Å². The number of carbonyl (C=O) groups is 4. The number of carbonyl (C=O) groups excluding carboxylic acids is 3. The van der Waals surface area contributed by atoms with Crippen molar-refractivity contribution < 1.29 is 24.3 Å². The van der Waals surface area contributed by atoms with E-state index in [1.807, 2.05) is 36.4 Å². The number of fused-ring (bicyclic) bond motifs is 1. The second kappa shape index (κ2) is 10.7. The molecule has 6 nitrogen and oxygen atoms in total. The monoisotopic (exact) mass is 449 g/mol. The van der Waals surface area contributed by atoms with Gasteiger partial charge in [-0.3, -0.25) is 14.4 Å². The smallest absolute Gasteiger partial charge is 0.326 e. The van der Waals surface area contributed by atoms with Crippen molar-refractivity contribution in [2.24, 2.45) is 0 Å². The van der Waals surface area contributed by atoms with Crippen molar-refractivity contribution in [3.8, 4) is 0 Å². The first-order valence-corrected chi connectivity index (χ1v) is 11.0.